The predicted molar refractivity (Wildman–Crippen MR) is 57.8 cm³/mol. The molecule has 1 aliphatic rings. The number of hydrogen-bond donors (Lipinski definition) is 1. The molecule has 88 valence electrons. The second-order valence-electron chi connectivity index (χ2n) is 3.70. The van der Waals surface area contributed by atoms with E-state index in [1.165, 1.54) is 6.07 Å². The number of nitrogens with zero attached hydrogens (tertiary/aromatic N) is 1. The largest absolute Gasteiger partial charge is 0.418 e. The van der Waals surface area contributed by atoms with Crippen LogP contribution in [0.4, 0.5) is 24.5 Å². The van der Waals surface area contributed by atoms with Crippen molar-refractivity contribution in [2.75, 3.05) is 29.9 Å². The van der Waals surface area contributed by atoms with Crippen LogP contribution >= 0.6 is 0 Å². The van der Waals surface area contributed by atoms with Gasteiger partial charge in [-0.15, -0.1) is 0 Å². The van der Waals surface area contributed by atoms with Gasteiger partial charge in [0.05, 0.1) is 16.9 Å². The number of rotatable bonds is 1. The van der Waals surface area contributed by atoms with Crippen LogP contribution in [-0.2, 0) is 6.18 Å². The molecule has 0 unspecified atom stereocenters. The van der Waals surface area contributed by atoms with Gasteiger partial charge in [-0.2, -0.15) is 13.2 Å². The van der Waals surface area contributed by atoms with E-state index in [-0.39, 0.29) is 5.69 Å². The highest BCUT2D eigenvalue weighted by molar-refractivity contribution is 5.76. The Morgan fingerprint density at radius 2 is 2.12 bits per heavy atom. The number of hydrogen-bond acceptors (Lipinski definition) is 2. The van der Waals surface area contributed by atoms with Gasteiger partial charge in [-0.05, 0) is 19.1 Å². The molecule has 0 atom stereocenters. The molecule has 0 saturated heterocycles. The highest BCUT2D eigenvalue weighted by atomic mass is 19.4. The maximum absolute atomic E-state index is 12.7. The molecule has 1 aromatic carbocycles. The number of nitrogens with one attached hydrogen (secondary N) is 1. The number of alkyl halides is 3. The van der Waals surface area contributed by atoms with Crippen LogP contribution < -0.4 is 10.2 Å². The van der Waals surface area contributed by atoms with Gasteiger partial charge in [-0.25, -0.2) is 0 Å². The lowest BCUT2D eigenvalue weighted by Gasteiger charge is -2.32. The lowest BCUT2D eigenvalue weighted by Crippen LogP contribution is -2.34. The van der Waals surface area contributed by atoms with Crippen LogP contribution in [-0.4, -0.2) is 19.6 Å². The topological polar surface area (TPSA) is 15.3 Å². The number of anilines is 2. The van der Waals surface area contributed by atoms with Crippen LogP contribution in [0, 0.1) is 0 Å². The summed E-state index contributed by atoms with van der Waals surface area (Å²) in [6.07, 6.45) is -4.30. The Balaban J connectivity index is 2.51. The van der Waals surface area contributed by atoms with E-state index in [4.69, 9.17) is 0 Å². The minimum absolute atomic E-state index is 0.211. The SMILES string of the molecule is CCN1CCNc2c1cccc2C(F)(F)F. The first-order valence-electron chi connectivity index (χ1n) is 5.23. The minimum atomic E-state index is -4.30. The number of para-hydroxylation sites is 1. The zero-order chi connectivity index (χ0) is 11.8. The Morgan fingerprint density at radius 1 is 1.38 bits per heavy atom. The van der Waals surface area contributed by atoms with Crippen molar-refractivity contribution in [2.45, 2.75) is 13.1 Å². The van der Waals surface area contributed by atoms with Crippen LogP contribution in [0.1, 0.15) is 12.5 Å². The van der Waals surface area contributed by atoms with Gasteiger partial charge in [-0.3, -0.25) is 0 Å². The smallest absolute Gasteiger partial charge is 0.381 e. The molecule has 0 aromatic heterocycles. The van der Waals surface area contributed by atoms with Gasteiger partial charge in [0.15, 0.2) is 0 Å². The Bertz CT molecular complexity index is 387. The molecule has 1 heterocycles. The molecule has 1 N–H and O–H groups in total. The Labute approximate surface area is 92.1 Å². The van der Waals surface area contributed by atoms with E-state index < -0.39 is 11.7 Å². The van der Waals surface area contributed by atoms with Gasteiger partial charge in [-0.1, -0.05) is 6.07 Å². The first kappa shape index (κ1) is 11.1. The van der Waals surface area contributed by atoms with Gasteiger partial charge >= 0.3 is 6.18 Å². The summed E-state index contributed by atoms with van der Waals surface area (Å²) in [5.74, 6) is 0. The molecule has 1 aliphatic heterocycles. The van der Waals surface area contributed by atoms with Crippen LogP contribution in [0.25, 0.3) is 0 Å². The third kappa shape index (κ3) is 1.81. The molecule has 2 nitrogen and oxygen atoms in total. The highest BCUT2D eigenvalue weighted by Crippen LogP contribution is 2.41. The van der Waals surface area contributed by atoms with E-state index in [0.29, 0.717) is 12.2 Å². The van der Waals surface area contributed by atoms with E-state index in [0.717, 1.165) is 19.2 Å². The van der Waals surface area contributed by atoms with Crippen molar-refractivity contribution in [3.63, 3.8) is 0 Å². The molecular weight excluding hydrogens is 217 g/mol. The molecular formula is C11H13F3N2. The molecule has 1 aromatic rings. The summed E-state index contributed by atoms with van der Waals surface area (Å²) in [5, 5.41) is 2.84. The monoisotopic (exact) mass is 230 g/mol. The van der Waals surface area contributed by atoms with Crippen molar-refractivity contribution in [3.8, 4) is 0 Å². The average molecular weight is 230 g/mol. The van der Waals surface area contributed by atoms with Crippen LogP contribution in [0.3, 0.4) is 0 Å². The van der Waals surface area contributed by atoms with E-state index in [2.05, 4.69) is 5.32 Å². The molecule has 0 bridgehead atoms. The lowest BCUT2D eigenvalue weighted by atomic mass is 10.1. The van der Waals surface area contributed by atoms with E-state index in [1.54, 1.807) is 6.07 Å². The number of fused-ring (bicyclic) bond motifs is 1. The maximum atomic E-state index is 12.7. The summed E-state index contributed by atoms with van der Waals surface area (Å²) in [6.45, 7) is 3.95. The standard InChI is InChI=1S/C11H13F3N2/c1-2-16-7-6-15-10-8(11(12,13)14)4-3-5-9(10)16/h3-5,15H,2,6-7H2,1H3. The molecule has 0 aliphatic carbocycles. The maximum Gasteiger partial charge on any atom is 0.418 e. The summed E-state index contributed by atoms with van der Waals surface area (Å²) < 4.78 is 38.2. The zero-order valence-corrected chi connectivity index (χ0v) is 8.93. The van der Waals surface area contributed by atoms with Crippen LogP contribution in [0.2, 0.25) is 0 Å². The van der Waals surface area contributed by atoms with E-state index in [1.807, 2.05) is 11.8 Å². The van der Waals surface area contributed by atoms with Crippen molar-refractivity contribution in [1.82, 2.24) is 0 Å². The molecule has 16 heavy (non-hydrogen) atoms. The minimum Gasteiger partial charge on any atom is -0.381 e. The fourth-order valence-electron chi connectivity index (χ4n) is 1.99. The van der Waals surface area contributed by atoms with Crippen molar-refractivity contribution >= 4 is 11.4 Å². The second-order valence-corrected chi connectivity index (χ2v) is 3.70. The first-order chi connectivity index (χ1) is 7.54. The molecule has 0 amide bonds. The average Bonchev–Trinajstić information content (AvgIpc) is 2.26. The summed E-state index contributed by atoms with van der Waals surface area (Å²) in [4.78, 5) is 1.95. The van der Waals surface area contributed by atoms with Crippen molar-refractivity contribution < 1.29 is 13.2 Å². The van der Waals surface area contributed by atoms with Crippen molar-refractivity contribution in [3.05, 3.63) is 23.8 Å². The summed E-state index contributed by atoms with van der Waals surface area (Å²) in [6, 6.07) is 4.29. The van der Waals surface area contributed by atoms with Gasteiger partial charge < -0.3 is 10.2 Å². The molecule has 0 radical (unpaired) electrons. The quantitative estimate of drug-likeness (QED) is 0.797. The van der Waals surface area contributed by atoms with Crippen LogP contribution in [0.15, 0.2) is 18.2 Å². The first-order valence-corrected chi connectivity index (χ1v) is 5.23. The number of benzene rings is 1. The Hall–Kier alpha value is -1.39. The van der Waals surface area contributed by atoms with Gasteiger partial charge in [0, 0.05) is 19.6 Å². The van der Waals surface area contributed by atoms with Crippen molar-refractivity contribution in [1.29, 1.82) is 0 Å². The van der Waals surface area contributed by atoms with Gasteiger partial charge in [0.25, 0.3) is 0 Å². The fraction of sp³-hybridized carbons (Fsp3) is 0.455. The summed E-state index contributed by atoms with van der Waals surface area (Å²) >= 11 is 0. The molecule has 0 saturated carbocycles. The Kier molecular flexibility index (Phi) is 2.69. The third-order valence-electron chi connectivity index (χ3n) is 2.75. The normalized spacial score (nSPS) is 15.6. The van der Waals surface area contributed by atoms with Crippen molar-refractivity contribution in [2.24, 2.45) is 0 Å². The molecule has 2 rings (SSSR count). The van der Waals surface area contributed by atoms with Gasteiger partial charge in [0.1, 0.15) is 0 Å². The Morgan fingerprint density at radius 3 is 2.75 bits per heavy atom. The highest BCUT2D eigenvalue weighted by Gasteiger charge is 2.35. The van der Waals surface area contributed by atoms with Crippen LogP contribution in [0.5, 0.6) is 0 Å². The van der Waals surface area contributed by atoms with E-state index >= 15 is 0 Å². The number of halogens is 3. The summed E-state index contributed by atoms with van der Waals surface area (Å²) in [5.41, 5.74) is 0.273. The third-order valence-corrected chi connectivity index (χ3v) is 2.75. The lowest BCUT2D eigenvalue weighted by molar-refractivity contribution is -0.136. The molecule has 5 heteroatoms. The summed E-state index contributed by atoms with van der Waals surface area (Å²) in [7, 11) is 0. The molecule has 0 spiro atoms. The predicted octanol–water partition coefficient (Wildman–Crippen LogP) is 2.96. The van der Waals surface area contributed by atoms with Gasteiger partial charge in [0.2, 0.25) is 0 Å². The zero-order valence-electron chi connectivity index (χ0n) is 8.93. The second kappa shape index (κ2) is 3.88. The fourth-order valence-corrected chi connectivity index (χ4v) is 1.99. The van der Waals surface area contributed by atoms with E-state index in [9.17, 15) is 13.2 Å². The number of likely N-dealkylation sites (N-methyl/N-ethyl adjacent to an activating group) is 1. The molecule has 0 fully saturated rings.